The third-order valence-corrected chi connectivity index (χ3v) is 1.53. The van der Waals surface area contributed by atoms with Gasteiger partial charge in [-0.1, -0.05) is 55.4 Å². The van der Waals surface area contributed by atoms with Crippen LogP contribution in [0.3, 0.4) is 0 Å². The molecule has 0 atom stereocenters. The van der Waals surface area contributed by atoms with Gasteiger partial charge in [-0.05, 0) is 0 Å². The first kappa shape index (κ1) is 13.3. The highest BCUT2D eigenvalue weighted by Gasteiger charge is 1.98. The fourth-order valence-electron chi connectivity index (χ4n) is 1.17. The van der Waals surface area contributed by atoms with E-state index in [1.165, 1.54) is 0 Å². The Hall–Kier alpha value is -0.660. The van der Waals surface area contributed by atoms with Crippen LogP contribution in [0.15, 0.2) is 11.4 Å². The lowest BCUT2D eigenvalue weighted by molar-refractivity contribution is 0.644. The SMILES string of the molecule is CC([N-]C(C)(C)C)=C(C)[N-]C(C)(C)C. The largest absolute Gasteiger partial charge is 0.685 e. The Balaban J connectivity index is 4.45. The molecule has 0 aliphatic heterocycles. The van der Waals surface area contributed by atoms with E-state index in [0.29, 0.717) is 0 Å². The van der Waals surface area contributed by atoms with Crippen LogP contribution >= 0.6 is 0 Å². The van der Waals surface area contributed by atoms with E-state index in [1.54, 1.807) is 0 Å². The van der Waals surface area contributed by atoms with Crippen LogP contribution in [0.2, 0.25) is 0 Å². The standard InChI is InChI=1S/C12H24N2/c1-9(13-11(3,4)5)10(2)14-12(6,7)8/h1-8H3/q-2. The van der Waals surface area contributed by atoms with Gasteiger partial charge < -0.3 is 10.6 Å². The van der Waals surface area contributed by atoms with Crippen LogP contribution in [-0.4, -0.2) is 11.1 Å². The molecule has 2 heteroatoms. The van der Waals surface area contributed by atoms with E-state index in [9.17, 15) is 0 Å². The Morgan fingerprint density at radius 2 is 0.857 bits per heavy atom. The van der Waals surface area contributed by atoms with Crippen molar-refractivity contribution in [3.8, 4) is 0 Å². The normalized spacial score (nSPS) is 14.9. The van der Waals surface area contributed by atoms with Crippen LogP contribution in [0.25, 0.3) is 10.6 Å². The van der Waals surface area contributed by atoms with Crippen molar-refractivity contribution in [2.45, 2.75) is 66.5 Å². The molecule has 2 nitrogen and oxygen atoms in total. The Bertz CT molecular complexity index is 189. The highest BCUT2D eigenvalue weighted by Crippen LogP contribution is 2.29. The molecule has 0 aromatic carbocycles. The minimum absolute atomic E-state index is 0.0151. The van der Waals surface area contributed by atoms with Crippen molar-refractivity contribution in [1.82, 2.24) is 0 Å². The first-order valence-corrected chi connectivity index (χ1v) is 5.14. The highest BCUT2D eigenvalue weighted by atomic mass is 15.0. The van der Waals surface area contributed by atoms with Gasteiger partial charge in [0.15, 0.2) is 0 Å². The van der Waals surface area contributed by atoms with E-state index in [2.05, 4.69) is 52.2 Å². The van der Waals surface area contributed by atoms with Crippen LogP contribution in [0.1, 0.15) is 55.4 Å². The molecule has 14 heavy (non-hydrogen) atoms. The smallest absolute Gasteiger partial charge is 0.0623 e. The third kappa shape index (κ3) is 6.81. The molecule has 0 spiro atoms. The average molecular weight is 196 g/mol. The molecule has 0 radical (unpaired) electrons. The molecular weight excluding hydrogens is 172 g/mol. The maximum absolute atomic E-state index is 4.58. The van der Waals surface area contributed by atoms with Crippen LogP contribution in [0.4, 0.5) is 0 Å². The summed E-state index contributed by atoms with van der Waals surface area (Å²) in [5, 5.41) is 9.16. The quantitative estimate of drug-likeness (QED) is 0.618. The topological polar surface area (TPSA) is 28.2 Å². The monoisotopic (exact) mass is 196 g/mol. The van der Waals surface area contributed by atoms with Gasteiger partial charge in [-0.2, -0.15) is 11.4 Å². The van der Waals surface area contributed by atoms with Crippen LogP contribution in [0.5, 0.6) is 0 Å². The summed E-state index contributed by atoms with van der Waals surface area (Å²) in [5.74, 6) is 0. The van der Waals surface area contributed by atoms with Crippen molar-refractivity contribution >= 4 is 0 Å². The fraction of sp³-hybridized carbons (Fsp3) is 0.833. The average Bonchev–Trinajstić information content (AvgIpc) is 1.78. The Labute approximate surface area is 89.2 Å². The molecule has 0 bridgehead atoms. The maximum atomic E-state index is 4.58. The van der Waals surface area contributed by atoms with Crippen molar-refractivity contribution in [3.05, 3.63) is 22.0 Å². The summed E-state index contributed by atoms with van der Waals surface area (Å²) in [6.07, 6.45) is 0. The summed E-state index contributed by atoms with van der Waals surface area (Å²) < 4.78 is 0. The third-order valence-electron chi connectivity index (χ3n) is 1.53. The summed E-state index contributed by atoms with van der Waals surface area (Å²) in [7, 11) is 0. The molecule has 0 unspecified atom stereocenters. The lowest BCUT2D eigenvalue weighted by Gasteiger charge is -2.46. The highest BCUT2D eigenvalue weighted by molar-refractivity contribution is 5.34. The van der Waals surface area contributed by atoms with Crippen LogP contribution in [-0.2, 0) is 0 Å². The zero-order valence-electron chi connectivity index (χ0n) is 10.9. The Morgan fingerprint density at radius 3 is 1.00 bits per heavy atom. The van der Waals surface area contributed by atoms with Gasteiger partial charge in [-0.25, -0.2) is 0 Å². The molecule has 0 saturated heterocycles. The van der Waals surface area contributed by atoms with Gasteiger partial charge in [0.25, 0.3) is 0 Å². The fourth-order valence-corrected chi connectivity index (χ4v) is 1.17. The van der Waals surface area contributed by atoms with E-state index in [0.717, 1.165) is 11.4 Å². The van der Waals surface area contributed by atoms with Crippen molar-refractivity contribution in [2.75, 3.05) is 0 Å². The second-order valence-corrected chi connectivity index (χ2v) is 5.74. The summed E-state index contributed by atoms with van der Waals surface area (Å²) in [5.41, 5.74) is 2.04. The summed E-state index contributed by atoms with van der Waals surface area (Å²) in [6, 6.07) is 0. The lowest BCUT2D eigenvalue weighted by Crippen LogP contribution is -2.15. The lowest BCUT2D eigenvalue weighted by atomic mass is 10.1. The number of hydrogen-bond acceptors (Lipinski definition) is 0. The maximum Gasteiger partial charge on any atom is -0.0623 e. The summed E-state index contributed by atoms with van der Waals surface area (Å²) in [4.78, 5) is 0. The molecule has 0 fully saturated rings. The molecule has 0 rings (SSSR count). The van der Waals surface area contributed by atoms with Crippen molar-refractivity contribution in [1.29, 1.82) is 0 Å². The van der Waals surface area contributed by atoms with Gasteiger partial charge in [0.2, 0.25) is 0 Å². The van der Waals surface area contributed by atoms with Crippen molar-refractivity contribution in [3.63, 3.8) is 0 Å². The Morgan fingerprint density at radius 1 is 0.643 bits per heavy atom. The number of nitrogens with zero attached hydrogens (tertiary/aromatic N) is 2. The van der Waals surface area contributed by atoms with Crippen LogP contribution in [0, 0.1) is 0 Å². The molecular formula is C12H24N2-2. The second kappa shape index (κ2) is 4.24. The molecule has 0 N–H and O–H groups in total. The van der Waals surface area contributed by atoms with E-state index in [4.69, 9.17) is 0 Å². The molecule has 0 heterocycles. The number of allylic oxidation sites excluding steroid dienone is 2. The van der Waals surface area contributed by atoms with E-state index in [1.807, 2.05) is 13.8 Å². The van der Waals surface area contributed by atoms with Gasteiger partial charge in [-0.15, -0.1) is 11.1 Å². The van der Waals surface area contributed by atoms with E-state index in [-0.39, 0.29) is 11.1 Å². The first-order chi connectivity index (χ1) is 6.01. The minimum atomic E-state index is -0.0151. The van der Waals surface area contributed by atoms with Gasteiger partial charge >= 0.3 is 0 Å². The van der Waals surface area contributed by atoms with Gasteiger partial charge in [0.1, 0.15) is 0 Å². The number of rotatable bonds is 2. The first-order valence-electron chi connectivity index (χ1n) is 5.14. The van der Waals surface area contributed by atoms with Gasteiger partial charge in [0, 0.05) is 0 Å². The molecule has 0 saturated carbocycles. The number of hydrogen-bond donors (Lipinski definition) is 0. The predicted octanol–water partition coefficient (Wildman–Crippen LogP) is 4.58. The molecule has 0 aromatic rings. The van der Waals surface area contributed by atoms with E-state index < -0.39 is 0 Å². The molecule has 0 aliphatic carbocycles. The minimum Gasteiger partial charge on any atom is -0.685 e. The predicted molar refractivity (Wildman–Crippen MR) is 64.6 cm³/mol. The molecule has 0 aliphatic rings. The summed E-state index contributed by atoms with van der Waals surface area (Å²) >= 11 is 0. The summed E-state index contributed by atoms with van der Waals surface area (Å²) in [6.45, 7) is 16.6. The second-order valence-electron chi connectivity index (χ2n) is 5.74. The van der Waals surface area contributed by atoms with Crippen LogP contribution < -0.4 is 0 Å². The molecule has 84 valence electrons. The van der Waals surface area contributed by atoms with E-state index >= 15 is 0 Å². The van der Waals surface area contributed by atoms with Gasteiger partial charge in [0.05, 0.1) is 0 Å². The van der Waals surface area contributed by atoms with Crippen molar-refractivity contribution in [2.24, 2.45) is 0 Å². The zero-order valence-corrected chi connectivity index (χ0v) is 10.9. The zero-order chi connectivity index (χ0) is 11.6. The molecule has 0 amide bonds. The Kier molecular flexibility index (Phi) is 4.04. The molecule has 0 aromatic heterocycles. The van der Waals surface area contributed by atoms with Gasteiger partial charge in [-0.3, -0.25) is 0 Å². The van der Waals surface area contributed by atoms with Crippen molar-refractivity contribution < 1.29 is 0 Å².